The molecule has 0 bridgehead atoms. The van der Waals surface area contributed by atoms with Crippen molar-refractivity contribution < 1.29 is 14.3 Å². The molecule has 1 atom stereocenters. The Morgan fingerprint density at radius 2 is 1.91 bits per heavy atom. The smallest absolute Gasteiger partial charge is 0.407 e. The second-order valence-electron chi connectivity index (χ2n) is 6.09. The van der Waals surface area contributed by atoms with Gasteiger partial charge in [-0.1, -0.05) is 33.3 Å². The zero-order valence-corrected chi connectivity index (χ0v) is 15.7. The third-order valence-electron chi connectivity index (χ3n) is 3.98. The number of hydrogen-bond donors (Lipinski definition) is 3. The first-order valence-electron chi connectivity index (χ1n) is 7.54. The number of carbonyl (C=O) groups excluding carboxylic acids is 2. The molecule has 0 aliphatic heterocycles. The number of nitrogens with one attached hydrogen (secondary N) is 3. The molecule has 0 unspecified atom stereocenters. The Labute approximate surface area is 146 Å². The van der Waals surface area contributed by atoms with Gasteiger partial charge in [-0.25, -0.2) is 4.79 Å². The summed E-state index contributed by atoms with van der Waals surface area (Å²) in [6, 6.07) is -0.604. The van der Waals surface area contributed by atoms with E-state index in [0.717, 1.165) is 29.4 Å². The average molecular weight is 423 g/mol. The molecule has 0 radical (unpaired) electrons. The largest absolute Gasteiger partial charge is 0.453 e. The van der Waals surface area contributed by atoms with Crippen LogP contribution in [0.25, 0.3) is 0 Å². The molecule has 6 nitrogen and oxygen atoms in total. The number of amides is 2. The van der Waals surface area contributed by atoms with Gasteiger partial charge in [-0.2, -0.15) is 0 Å². The molecule has 22 heavy (non-hydrogen) atoms. The van der Waals surface area contributed by atoms with Crippen molar-refractivity contribution in [1.82, 2.24) is 16.0 Å². The van der Waals surface area contributed by atoms with Gasteiger partial charge in [-0.15, -0.1) is 0 Å². The number of rotatable bonds is 7. The van der Waals surface area contributed by atoms with Crippen molar-refractivity contribution in [1.29, 1.82) is 0 Å². The molecule has 3 N–H and O–H groups in total. The Balaban J connectivity index is 2.75. The van der Waals surface area contributed by atoms with Gasteiger partial charge in [0.05, 0.1) is 16.4 Å². The maximum absolute atomic E-state index is 12.6. The van der Waals surface area contributed by atoms with Crippen molar-refractivity contribution in [2.24, 2.45) is 5.92 Å². The monoisotopic (exact) mass is 423 g/mol. The van der Waals surface area contributed by atoms with Gasteiger partial charge >= 0.3 is 6.09 Å². The van der Waals surface area contributed by atoms with Crippen LogP contribution in [0.15, 0.2) is 10.3 Å². The molecule has 0 aromatic carbocycles. The highest BCUT2D eigenvalue weighted by molar-refractivity contribution is 14.1. The van der Waals surface area contributed by atoms with Crippen LogP contribution in [0.5, 0.6) is 0 Å². The average Bonchev–Trinajstić information content (AvgIpc) is 2.90. The summed E-state index contributed by atoms with van der Waals surface area (Å²) in [5.41, 5.74) is -0.268. The summed E-state index contributed by atoms with van der Waals surface area (Å²) < 4.78 is 5.45. The van der Waals surface area contributed by atoms with Gasteiger partial charge in [0.15, 0.2) is 0 Å². The van der Waals surface area contributed by atoms with E-state index >= 15 is 0 Å². The zero-order valence-electron chi connectivity index (χ0n) is 13.5. The summed E-state index contributed by atoms with van der Waals surface area (Å²) >= 11 is 2.12. The van der Waals surface area contributed by atoms with E-state index in [1.165, 1.54) is 7.11 Å². The Morgan fingerprint density at radius 1 is 1.32 bits per heavy atom. The Bertz CT molecular complexity index is 420. The maximum atomic E-state index is 12.6. The first-order chi connectivity index (χ1) is 10.3. The molecule has 1 fully saturated rings. The van der Waals surface area contributed by atoms with Crippen LogP contribution in [-0.2, 0) is 9.53 Å². The van der Waals surface area contributed by atoms with Gasteiger partial charge in [0.1, 0.15) is 6.04 Å². The Morgan fingerprint density at radius 3 is 2.36 bits per heavy atom. The fraction of sp³-hybridized carbons (Fsp3) is 0.733. The van der Waals surface area contributed by atoms with Gasteiger partial charge in [0, 0.05) is 6.54 Å². The number of ether oxygens (including phenoxy) is 1. The van der Waals surface area contributed by atoms with Crippen molar-refractivity contribution in [2.75, 3.05) is 13.7 Å². The number of methoxy groups -OCH3 is 1. The first-order valence-corrected chi connectivity index (χ1v) is 8.62. The summed E-state index contributed by atoms with van der Waals surface area (Å²) in [5.74, 6) is -0.187. The quantitative estimate of drug-likeness (QED) is 0.434. The van der Waals surface area contributed by atoms with E-state index in [1.807, 2.05) is 13.8 Å². The van der Waals surface area contributed by atoms with Crippen LogP contribution >= 0.6 is 22.6 Å². The summed E-state index contributed by atoms with van der Waals surface area (Å²) in [6.07, 6.45) is 3.45. The fourth-order valence-electron chi connectivity index (χ4n) is 2.72. The number of halogens is 1. The highest BCUT2D eigenvalue weighted by atomic mass is 127. The number of carbonyl (C=O) groups is 2. The molecule has 1 saturated carbocycles. The maximum Gasteiger partial charge on any atom is 0.407 e. The van der Waals surface area contributed by atoms with Gasteiger partial charge in [-0.05, 0) is 41.4 Å². The molecule has 126 valence electrons. The van der Waals surface area contributed by atoms with Crippen LogP contribution in [-0.4, -0.2) is 37.2 Å². The minimum Gasteiger partial charge on any atom is -0.453 e. The molecule has 2 amide bonds. The topological polar surface area (TPSA) is 79.5 Å². The van der Waals surface area contributed by atoms with E-state index in [1.54, 1.807) is 0 Å². The van der Waals surface area contributed by atoms with E-state index in [0.29, 0.717) is 6.54 Å². The highest BCUT2D eigenvalue weighted by Crippen LogP contribution is 2.29. The standard InChI is InChI=1S/C15H26IN3O3/c1-10(2)12(18-14(21)22-4)13(20)19-15(7-5-6-8-15)9-17-11(3)16/h10,12,17H,3,5-9H2,1-2,4H3,(H,18,21)(H,19,20)/t12-/m0/s1. The van der Waals surface area contributed by atoms with E-state index in [-0.39, 0.29) is 17.4 Å². The second kappa shape index (κ2) is 8.59. The van der Waals surface area contributed by atoms with Crippen LogP contribution < -0.4 is 16.0 Å². The Kier molecular flexibility index (Phi) is 7.44. The SMILES string of the molecule is C=C(I)NCC1(NC(=O)[C@@H](NC(=O)OC)C(C)C)CCCC1. The minimum atomic E-state index is -0.604. The van der Waals surface area contributed by atoms with Gasteiger partial charge in [-0.3, -0.25) is 4.79 Å². The molecular weight excluding hydrogens is 397 g/mol. The fourth-order valence-corrected chi connectivity index (χ4v) is 2.91. The highest BCUT2D eigenvalue weighted by Gasteiger charge is 2.37. The molecule has 1 aliphatic rings. The number of hydrogen-bond acceptors (Lipinski definition) is 4. The van der Waals surface area contributed by atoms with Crippen LogP contribution in [0, 0.1) is 5.92 Å². The van der Waals surface area contributed by atoms with Crippen molar-refractivity contribution in [3.63, 3.8) is 0 Å². The molecule has 0 aromatic heterocycles. The van der Waals surface area contributed by atoms with Crippen molar-refractivity contribution in [2.45, 2.75) is 51.1 Å². The summed E-state index contributed by atoms with van der Waals surface area (Å²) in [7, 11) is 1.29. The van der Waals surface area contributed by atoms with Crippen molar-refractivity contribution in [3.05, 3.63) is 10.3 Å². The molecular formula is C15H26IN3O3. The number of alkyl carbamates (subject to hydrolysis) is 1. The van der Waals surface area contributed by atoms with Crippen molar-refractivity contribution >= 4 is 34.6 Å². The normalized spacial score (nSPS) is 17.7. The lowest BCUT2D eigenvalue weighted by Gasteiger charge is -2.33. The van der Waals surface area contributed by atoms with Crippen LogP contribution in [0.4, 0.5) is 4.79 Å². The van der Waals surface area contributed by atoms with Gasteiger partial charge in [0.2, 0.25) is 5.91 Å². The van der Waals surface area contributed by atoms with Crippen LogP contribution in [0.1, 0.15) is 39.5 Å². The predicted octanol–water partition coefficient (Wildman–Crippen LogP) is 2.29. The van der Waals surface area contributed by atoms with E-state index < -0.39 is 12.1 Å². The first kappa shape index (κ1) is 19.1. The second-order valence-corrected chi connectivity index (χ2v) is 7.39. The summed E-state index contributed by atoms with van der Waals surface area (Å²) in [5, 5.41) is 8.97. The van der Waals surface area contributed by atoms with Crippen molar-refractivity contribution in [3.8, 4) is 0 Å². The van der Waals surface area contributed by atoms with E-state index in [9.17, 15) is 9.59 Å². The summed E-state index contributed by atoms with van der Waals surface area (Å²) in [6.45, 7) is 8.28. The predicted molar refractivity (Wildman–Crippen MR) is 94.7 cm³/mol. The lowest BCUT2D eigenvalue weighted by molar-refractivity contribution is -0.126. The molecule has 0 aromatic rings. The molecule has 1 rings (SSSR count). The molecule has 1 aliphatic carbocycles. The zero-order chi connectivity index (χ0) is 16.8. The summed E-state index contributed by atoms with van der Waals surface area (Å²) in [4.78, 5) is 24.0. The van der Waals surface area contributed by atoms with Gasteiger partial charge in [0.25, 0.3) is 0 Å². The van der Waals surface area contributed by atoms with E-state index in [4.69, 9.17) is 0 Å². The van der Waals surface area contributed by atoms with Crippen LogP contribution in [0.2, 0.25) is 0 Å². The minimum absolute atomic E-state index is 0.0231. The Hall–Kier alpha value is -0.990. The lowest BCUT2D eigenvalue weighted by atomic mass is 9.95. The van der Waals surface area contributed by atoms with E-state index in [2.05, 4.69) is 49.9 Å². The molecule has 7 heteroatoms. The van der Waals surface area contributed by atoms with Crippen LogP contribution in [0.3, 0.4) is 0 Å². The molecule has 0 saturated heterocycles. The lowest BCUT2D eigenvalue weighted by Crippen LogP contribution is -2.59. The molecule has 0 spiro atoms. The van der Waals surface area contributed by atoms with Gasteiger partial charge < -0.3 is 20.7 Å². The third-order valence-corrected chi connectivity index (χ3v) is 4.36. The molecule has 0 heterocycles. The third kappa shape index (κ3) is 5.66.